The van der Waals surface area contributed by atoms with Crippen LogP contribution in [0.25, 0.3) is 0 Å². The Hall–Kier alpha value is -0.0800. The summed E-state index contributed by atoms with van der Waals surface area (Å²) in [5.74, 6) is 0. The van der Waals surface area contributed by atoms with Gasteiger partial charge < -0.3 is 5.32 Å². The predicted molar refractivity (Wildman–Crippen MR) is 146 cm³/mol. The third kappa shape index (κ3) is 19.4. The minimum absolute atomic E-state index is 0.652. The molecule has 2 heteroatoms. The van der Waals surface area contributed by atoms with Gasteiger partial charge in [0, 0.05) is 6.54 Å². The van der Waals surface area contributed by atoms with E-state index >= 15 is 0 Å². The van der Waals surface area contributed by atoms with Crippen molar-refractivity contribution < 1.29 is 0 Å². The van der Waals surface area contributed by atoms with Crippen LogP contribution in [0.4, 0.5) is 0 Å². The van der Waals surface area contributed by atoms with Gasteiger partial charge in [-0.3, -0.25) is 4.90 Å². The fourth-order valence-corrected chi connectivity index (χ4v) is 5.35. The van der Waals surface area contributed by atoms with Gasteiger partial charge in [0.25, 0.3) is 0 Å². The molecule has 1 N–H and O–H groups in total. The van der Waals surface area contributed by atoms with Gasteiger partial charge in [-0.25, -0.2) is 0 Å². The average molecular weight is 451 g/mol. The molecule has 0 aromatic carbocycles. The van der Waals surface area contributed by atoms with E-state index in [0.717, 1.165) is 0 Å². The molecular weight excluding hydrogens is 388 g/mol. The molecule has 0 bridgehead atoms. The molecule has 2 nitrogen and oxygen atoms in total. The van der Waals surface area contributed by atoms with Crippen LogP contribution >= 0.6 is 0 Å². The van der Waals surface area contributed by atoms with Crippen molar-refractivity contribution in [2.75, 3.05) is 20.1 Å². The smallest absolute Gasteiger partial charge is 0.0594 e. The van der Waals surface area contributed by atoms with Gasteiger partial charge in [-0.1, -0.05) is 155 Å². The zero-order valence-electron chi connectivity index (χ0n) is 22.6. The van der Waals surface area contributed by atoms with Crippen molar-refractivity contribution in [3.63, 3.8) is 0 Å². The van der Waals surface area contributed by atoms with Crippen molar-refractivity contribution in [2.24, 2.45) is 0 Å². The van der Waals surface area contributed by atoms with Gasteiger partial charge in [0.05, 0.1) is 6.17 Å². The van der Waals surface area contributed by atoms with E-state index in [-0.39, 0.29) is 0 Å². The van der Waals surface area contributed by atoms with Gasteiger partial charge in [0.15, 0.2) is 0 Å². The first-order chi connectivity index (χ1) is 15.8. The first-order valence-electron chi connectivity index (χ1n) is 15.3. The van der Waals surface area contributed by atoms with Crippen LogP contribution in [-0.4, -0.2) is 31.2 Å². The molecule has 1 saturated heterocycles. The molecule has 0 aromatic heterocycles. The topological polar surface area (TPSA) is 15.3 Å². The molecule has 1 atom stereocenters. The van der Waals surface area contributed by atoms with Gasteiger partial charge in [0.2, 0.25) is 0 Å². The maximum atomic E-state index is 3.66. The summed E-state index contributed by atoms with van der Waals surface area (Å²) in [5, 5.41) is 3.66. The SMILES string of the molecule is CCCCCCCCCCCCCCCCCCCCCCCCCC1NCCCN1C. The molecule has 1 fully saturated rings. The fraction of sp³-hybridized carbons (Fsp3) is 1.00. The van der Waals surface area contributed by atoms with Gasteiger partial charge in [-0.05, 0) is 26.4 Å². The van der Waals surface area contributed by atoms with Crippen molar-refractivity contribution in [1.82, 2.24) is 10.2 Å². The van der Waals surface area contributed by atoms with Gasteiger partial charge in [-0.15, -0.1) is 0 Å². The first kappa shape index (κ1) is 30.0. The summed E-state index contributed by atoms with van der Waals surface area (Å²) in [6.45, 7) is 4.80. The Morgan fingerprint density at radius 1 is 0.531 bits per heavy atom. The maximum absolute atomic E-state index is 3.66. The van der Waals surface area contributed by atoms with E-state index in [0.29, 0.717) is 6.17 Å². The third-order valence-electron chi connectivity index (χ3n) is 7.68. The highest BCUT2D eigenvalue weighted by Gasteiger charge is 2.16. The fourth-order valence-electron chi connectivity index (χ4n) is 5.35. The number of hydrogen-bond acceptors (Lipinski definition) is 2. The number of unbranched alkanes of at least 4 members (excludes halogenated alkanes) is 22. The van der Waals surface area contributed by atoms with E-state index < -0.39 is 0 Å². The van der Waals surface area contributed by atoms with Crippen molar-refractivity contribution in [2.45, 2.75) is 174 Å². The maximum Gasteiger partial charge on any atom is 0.0594 e. The van der Waals surface area contributed by atoms with E-state index in [1.54, 1.807) is 0 Å². The number of nitrogens with one attached hydrogen (secondary N) is 1. The molecule has 0 aliphatic carbocycles. The lowest BCUT2D eigenvalue weighted by atomic mass is 10.0. The Labute approximate surface area is 204 Å². The van der Waals surface area contributed by atoms with Crippen LogP contribution in [0.3, 0.4) is 0 Å². The lowest BCUT2D eigenvalue weighted by Crippen LogP contribution is -2.49. The molecule has 192 valence electrons. The monoisotopic (exact) mass is 450 g/mol. The average Bonchev–Trinajstić information content (AvgIpc) is 2.80. The molecule has 32 heavy (non-hydrogen) atoms. The van der Waals surface area contributed by atoms with Crippen LogP contribution < -0.4 is 5.32 Å². The second-order valence-electron chi connectivity index (χ2n) is 10.9. The molecule has 1 aliphatic rings. The Kier molecular flexibility index (Phi) is 22.5. The second-order valence-corrected chi connectivity index (χ2v) is 10.9. The van der Waals surface area contributed by atoms with Crippen LogP contribution in [0, 0.1) is 0 Å². The Morgan fingerprint density at radius 2 is 0.875 bits per heavy atom. The number of rotatable bonds is 24. The summed E-state index contributed by atoms with van der Waals surface area (Å²) in [6, 6.07) is 0. The molecule has 1 unspecified atom stereocenters. The Morgan fingerprint density at radius 3 is 1.22 bits per heavy atom. The van der Waals surface area contributed by atoms with E-state index in [4.69, 9.17) is 0 Å². The highest BCUT2D eigenvalue weighted by atomic mass is 15.3. The van der Waals surface area contributed by atoms with E-state index in [9.17, 15) is 0 Å². The summed E-state index contributed by atoms with van der Waals surface area (Å²) >= 11 is 0. The zero-order valence-corrected chi connectivity index (χ0v) is 22.6. The van der Waals surface area contributed by atoms with Gasteiger partial charge in [-0.2, -0.15) is 0 Å². The third-order valence-corrected chi connectivity index (χ3v) is 7.68. The van der Waals surface area contributed by atoms with Crippen LogP contribution in [0.1, 0.15) is 167 Å². The predicted octanol–water partition coefficient (Wildman–Crippen LogP) is 9.62. The molecule has 0 aromatic rings. The highest BCUT2D eigenvalue weighted by molar-refractivity contribution is 4.72. The molecule has 0 amide bonds. The van der Waals surface area contributed by atoms with Crippen molar-refractivity contribution in [3.05, 3.63) is 0 Å². The van der Waals surface area contributed by atoms with Crippen LogP contribution in [0.5, 0.6) is 0 Å². The van der Waals surface area contributed by atoms with Crippen LogP contribution in [-0.2, 0) is 0 Å². The van der Waals surface area contributed by atoms with Gasteiger partial charge >= 0.3 is 0 Å². The molecular formula is C30H62N2. The second kappa shape index (κ2) is 24.1. The lowest BCUT2D eigenvalue weighted by Gasteiger charge is -2.33. The summed E-state index contributed by atoms with van der Waals surface area (Å²) in [6.07, 6.45) is 37.1. The first-order valence-corrected chi connectivity index (χ1v) is 15.3. The molecule has 0 spiro atoms. The molecule has 1 rings (SSSR count). The highest BCUT2D eigenvalue weighted by Crippen LogP contribution is 2.16. The van der Waals surface area contributed by atoms with Crippen molar-refractivity contribution in [1.29, 1.82) is 0 Å². The summed E-state index contributed by atoms with van der Waals surface area (Å²) in [5.41, 5.74) is 0. The van der Waals surface area contributed by atoms with E-state index in [1.165, 1.54) is 174 Å². The Balaban J connectivity index is 1.65. The zero-order chi connectivity index (χ0) is 23.0. The van der Waals surface area contributed by atoms with Crippen LogP contribution in [0.2, 0.25) is 0 Å². The molecule has 1 aliphatic heterocycles. The van der Waals surface area contributed by atoms with E-state index in [2.05, 4.69) is 24.2 Å². The van der Waals surface area contributed by atoms with Crippen LogP contribution in [0.15, 0.2) is 0 Å². The summed E-state index contributed by atoms with van der Waals surface area (Å²) in [4.78, 5) is 2.50. The minimum atomic E-state index is 0.652. The van der Waals surface area contributed by atoms with Crippen molar-refractivity contribution in [3.8, 4) is 0 Å². The normalized spacial score (nSPS) is 17.2. The standard InChI is InChI=1S/C30H62N2/c1-3-4-5-6-7-8-9-10-11-12-13-14-15-16-17-18-19-20-21-22-23-24-25-27-30-31-28-26-29-32(30)2/h30-31H,3-29H2,1-2H3. The summed E-state index contributed by atoms with van der Waals surface area (Å²) in [7, 11) is 2.27. The van der Waals surface area contributed by atoms with E-state index in [1.807, 2.05) is 0 Å². The minimum Gasteiger partial charge on any atom is -0.302 e. The number of hydrogen-bond donors (Lipinski definition) is 1. The quantitative estimate of drug-likeness (QED) is 0.147. The molecule has 0 saturated carbocycles. The lowest BCUT2D eigenvalue weighted by molar-refractivity contribution is 0.153. The summed E-state index contributed by atoms with van der Waals surface area (Å²) < 4.78 is 0. The van der Waals surface area contributed by atoms with Crippen molar-refractivity contribution >= 4 is 0 Å². The Bertz CT molecular complexity index is 357. The molecule has 0 radical (unpaired) electrons. The molecule has 1 heterocycles. The van der Waals surface area contributed by atoms with Gasteiger partial charge in [0.1, 0.15) is 0 Å². The number of nitrogens with zero attached hydrogens (tertiary/aromatic N) is 1. The largest absolute Gasteiger partial charge is 0.302 e.